The van der Waals surface area contributed by atoms with Crippen molar-refractivity contribution in [1.29, 1.82) is 0 Å². The maximum Gasteiger partial charge on any atom is 0.123 e. The van der Waals surface area contributed by atoms with Gasteiger partial charge in [-0.25, -0.2) is 0 Å². The smallest absolute Gasteiger partial charge is 0.123 e. The van der Waals surface area contributed by atoms with Gasteiger partial charge in [-0.05, 0) is 23.8 Å². The second-order valence-electron chi connectivity index (χ2n) is 4.73. The van der Waals surface area contributed by atoms with E-state index in [1.807, 2.05) is 54.6 Å². The molecule has 0 aliphatic heterocycles. The van der Waals surface area contributed by atoms with E-state index in [0.717, 1.165) is 27.7 Å². The van der Waals surface area contributed by atoms with Gasteiger partial charge in [-0.15, -0.1) is 0 Å². The lowest BCUT2D eigenvalue weighted by Gasteiger charge is -2.12. The van der Waals surface area contributed by atoms with Crippen molar-refractivity contribution in [1.82, 2.24) is 0 Å². The lowest BCUT2D eigenvalue weighted by molar-refractivity contribution is 0.481. The van der Waals surface area contributed by atoms with Crippen LogP contribution < -0.4 is 11.1 Å². The van der Waals surface area contributed by atoms with Crippen LogP contribution in [0.3, 0.4) is 0 Å². The second kappa shape index (κ2) is 5.13. The summed E-state index contributed by atoms with van der Waals surface area (Å²) in [7, 11) is 0. The van der Waals surface area contributed by atoms with Crippen LogP contribution in [0.1, 0.15) is 5.56 Å². The monoisotopic (exact) mass is 264 g/mol. The van der Waals surface area contributed by atoms with Crippen molar-refractivity contribution in [2.45, 2.75) is 6.54 Å². The van der Waals surface area contributed by atoms with Crippen molar-refractivity contribution in [3.05, 3.63) is 66.2 Å². The topological polar surface area (TPSA) is 58.3 Å². The molecule has 0 heterocycles. The predicted molar refractivity (Wildman–Crippen MR) is 83.8 cm³/mol. The van der Waals surface area contributed by atoms with E-state index in [0.29, 0.717) is 12.3 Å². The summed E-state index contributed by atoms with van der Waals surface area (Å²) < 4.78 is 0. The number of rotatable bonds is 3. The molecule has 0 bridgehead atoms. The molecule has 0 unspecified atom stereocenters. The first kappa shape index (κ1) is 12.4. The zero-order chi connectivity index (χ0) is 13.9. The van der Waals surface area contributed by atoms with Crippen LogP contribution in [0.15, 0.2) is 60.7 Å². The van der Waals surface area contributed by atoms with Crippen molar-refractivity contribution >= 4 is 22.1 Å². The Kier molecular flexibility index (Phi) is 3.17. The lowest BCUT2D eigenvalue weighted by atomic mass is 10.1. The van der Waals surface area contributed by atoms with E-state index in [2.05, 4.69) is 5.32 Å². The summed E-state index contributed by atoms with van der Waals surface area (Å²) in [6.45, 7) is 0.654. The molecular formula is C17H16N2O. The first-order valence-corrected chi connectivity index (χ1v) is 6.53. The van der Waals surface area contributed by atoms with Crippen LogP contribution in [0.5, 0.6) is 5.75 Å². The third-order valence-electron chi connectivity index (χ3n) is 3.42. The zero-order valence-electron chi connectivity index (χ0n) is 11.0. The number of anilines is 2. The second-order valence-corrected chi connectivity index (χ2v) is 4.73. The Morgan fingerprint density at radius 3 is 2.45 bits per heavy atom. The molecule has 0 aromatic heterocycles. The molecular weight excluding hydrogens is 248 g/mol. The summed E-state index contributed by atoms with van der Waals surface area (Å²) in [5, 5.41) is 15.1. The molecule has 20 heavy (non-hydrogen) atoms. The molecule has 0 saturated heterocycles. The molecule has 100 valence electrons. The van der Waals surface area contributed by atoms with Crippen LogP contribution in [0.25, 0.3) is 10.8 Å². The highest BCUT2D eigenvalue weighted by molar-refractivity contribution is 5.97. The average molecular weight is 264 g/mol. The first-order chi connectivity index (χ1) is 9.75. The standard InChI is InChI=1S/C17H16N2O/c18-15-8-2-1-5-12(15)11-19-16-9-3-7-14-13(16)6-4-10-17(14)20/h1-10,19-20H,11,18H2. The summed E-state index contributed by atoms with van der Waals surface area (Å²) in [6.07, 6.45) is 0. The van der Waals surface area contributed by atoms with Crippen molar-refractivity contribution in [2.24, 2.45) is 0 Å². The van der Waals surface area contributed by atoms with Crippen LogP contribution in [-0.2, 0) is 6.54 Å². The molecule has 0 radical (unpaired) electrons. The molecule has 3 nitrogen and oxygen atoms in total. The Bertz CT molecular complexity index is 753. The Balaban J connectivity index is 1.92. The van der Waals surface area contributed by atoms with Crippen molar-refractivity contribution < 1.29 is 5.11 Å². The van der Waals surface area contributed by atoms with E-state index >= 15 is 0 Å². The molecule has 0 aliphatic rings. The largest absolute Gasteiger partial charge is 0.507 e. The third-order valence-corrected chi connectivity index (χ3v) is 3.42. The molecule has 0 saturated carbocycles. The molecule has 3 heteroatoms. The quantitative estimate of drug-likeness (QED) is 0.632. The fourth-order valence-electron chi connectivity index (χ4n) is 2.33. The number of hydrogen-bond donors (Lipinski definition) is 3. The van der Waals surface area contributed by atoms with Crippen LogP contribution >= 0.6 is 0 Å². The van der Waals surface area contributed by atoms with Gasteiger partial charge in [0.15, 0.2) is 0 Å². The van der Waals surface area contributed by atoms with E-state index in [4.69, 9.17) is 5.73 Å². The number of phenols is 1. The average Bonchev–Trinajstić information content (AvgIpc) is 2.47. The molecule has 0 spiro atoms. The number of nitrogens with one attached hydrogen (secondary N) is 1. The van der Waals surface area contributed by atoms with Crippen molar-refractivity contribution in [3.8, 4) is 5.75 Å². The van der Waals surface area contributed by atoms with E-state index in [-0.39, 0.29) is 0 Å². The highest BCUT2D eigenvalue weighted by Gasteiger charge is 2.04. The highest BCUT2D eigenvalue weighted by Crippen LogP contribution is 2.30. The Morgan fingerprint density at radius 1 is 0.850 bits per heavy atom. The Hall–Kier alpha value is -2.68. The van der Waals surface area contributed by atoms with Gasteiger partial charge >= 0.3 is 0 Å². The van der Waals surface area contributed by atoms with Gasteiger partial charge in [-0.2, -0.15) is 0 Å². The maximum atomic E-state index is 9.88. The number of fused-ring (bicyclic) bond motifs is 1. The Morgan fingerprint density at radius 2 is 1.60 bits per heavy atom. The number of nitrogens with two attached hydrogens (primary N) is 1. The van der Waals surface area contributed by atoms with Crippen LogP contribution in [0.2, 0.25) is 0 Å². The minimum Gasteiger partial charge on any atom is -0.507 e. The van der Waals surface area contributed by atoms with Crippen LogP contribution in [-0.4, -0.2) is 5.11 Å². The maximum absolute atomic E-state index is 9.88. The Labute approximate surface area is 117 Å². The number of para-hydroxylation sites is 1. The lowest BCUT2D eigenvalue weighted by Crippen LogP contribution is -2.03. The van der Waals surface area contributed by atoms with Gasteiger partial charge in [0.2, 0.25) is 0 Å². The molecule has 0 fully saturated rings. The van der Waals surface area contributed by atoms with Gasteiger partial charge in [0.25, 0.3) is 0 Å². The molecule has 3 rings (SSSR count). The fourth-order valence-corrected chi connectivity index (χ4v) is 2.33. The molecule has 0 aliphatic carbocycles. The molecule has 3 aromatic rings. The molecule has 0 atom stereocenters. The zero-order valence-corrected chi connectivity index (χ0v) is 11.0. The van der Waals surface area contributed by atoms with E-state index < -0.39 is 0 Å². The number of aromatic hydroxyl groups is 1. The van der Waals surface area contributed by atoms with Gasteiger partial charge in [0.05, 0.1) is 0 Å². The minimum absolute atomic E-state index is 0.297. The summed E-state index contributed by atoms with van der Waals surface area (Å²) in [4.78, 5) is 0. The van der Waals surface area contributed by atoms with Gasteiger partial charge in [0.1, 0.15) is 5.75 Å². The van der Waals surface area contributed by atoms with E-state index in [1.165, 1.54) is 0 Å². The first-order valence-electron chi connectivity index (χ1n) is 6.53. The van der Waals surface area contributed by atoms with Gasteiger partial charge in [-0.3, -0.25) is 0 Å². The van der Waals surface area contributed by atoms with Crippen molar-refractivity contribution in [3.63, 3.8) is 0 Å². The summed E-state index contributed by atoms with van der Waals surface area (Å²) in [6, 6.07) is 19.2. The molecule has 3 aromatic carbocycles. The minimum atomic E-state index is 0.297. The summed E-state index contributed by atoms with van der Waals surface area (Å²) >= 11 is 0. The number of phenolic OH excluding ortho intramolecular Hbond substituents is 1. The molecule has 0 amide bonds. The highest BCUT2D eigenvalue weighted by atomic mass is 16.3. The fraction of sp³-hybridized carbons (Fsp3) is 0.0588. The van der Waals surface area contributed by atoms with E-state index in [9.17, 15) is 5.11 Å². The predicted octanol–water partition coefficient (Wildman–Crippen LogP) is 3.74. The number of nitrogen functional groups attached to an aromatic ring is 1. The SMILES string of the molecule is Nc1ccccc1CNc1cccc2c(O)cccc12. The third kappa shape index (κ3) is 2.26. The van der Waals surface area contributed by atoms with Crippen LogP contribution in [0, 0.1) is 0 Å². The summed E-state index contributed by atoms with van der Waals surface area (Å²) in [5.41, 5.74) is 8.77. The van der Waals surface area contributed by atoms with Gasteiger partial charge in [-0.1, -0.05) is 42.5 Å². The van der Waals surface area contributed by atoms with E-state index in [1.54, 1.807) is 6.07 Å². The van der Waals surface area contributed by atoms with Crippen molar-refractivity contribution in [2.75, 3.05) is 11.1 Å². The van der Waals surface area contributed by atoms with Gasteiger partial charge < -0.3 is 16.2 Å². The number of benzene rings is 3. The van der Waals surface area contributed by atoms with Crippen LogP contribution in [0.4, 0.5) is 11.4 Å². The molecule has 4 N–H and O–H groups in total. The number of hydrogen-bond acceptors (Lipinski definition) is 3. The van der Waals surface area contributed by atoms with Gasteiger partial charge in [0, 0.05) is 28.7 Å². The summed E-state index contributed by atoms with van der Waals surface area (Å²) in [5.74, 6) is 0.297. The normalized spacial score (nSPS) is 10.6.